The number of likely N-dealkylation sites (tertiary alicyclic amines) is 1. The van der Waals surface area contributed by atoms with Crippen LogP contribution in [0.25, 0.3) is 11.5 Å². The van der Waals surface area contributed by atoms with E-state index in [4.69, 9.17) is 4.52 Å². The molecule has 0 saturated carbocycles. The van der Waals surface area contributed by atoms with Gasteiger partial charge in [-0.25, -0.2) is 8.78 Å². The molecule has 1 atom stereocenters. The smallest absolute Gasteiger partial charge is 0.256 e. The summed E-state index contributed by atoms with van der Waals surface area (Å²) in [6.07, 6.45) is 3.30. The van der Waals surface area contributed by atoms with Gasteiger partial charge in [-0.15, -0.1) is 0 Å². The average Bonchev–Trinajstić information content (AvgIpc) is 3.33. The predicted molar refractivity (Wildman–Crippen MR) is 88.3 cm³/mol. The second kappa shape index (κ2) is 6.70. The lowest BCUT2D eigenvalue weighted by molar-refractivity contribution is 0.0691. The zero-order valence-corrected chi connectivity index (χ0v) is 13.8. The van der Waals surface area contributed by atoms with Crippen LogP contribution in [0.4, 0.5) is 8.78 Å². The van der Waals surface area contributed by atoms with Crippen molar-refractivity contribution in [2.75, 3.05) is 13.1 Å². The Morgan fingerprint density at radius 1 is 1.31 bits per heavy atom. The Bertz CT molecular complexity index is 923. The molecule has 1 fully saturated rings. The standard InChI is InChI=1S/C18H16F2N4O2/c19-12-5-6-13(14(20)9-12)18(25)24-8-2-3-11(10-24)17-22-16(23-26-17)15-4-1-7-21-15/h1,4-7,9,11,21H,2-3,8,10H2. The highest BCUT2D eigenvalue weighted by Crippen LogP contribution is 2.28. The number of piperidine rings is 1. The molecule has 1 unspecified atom stereocenters. The monoisotopic (exact) mass is 358 g/mol. The lowest BCUT2D eigenvalue weighted by atomic mass is 9.97. The van der Waals surface area contributed by atoms with E-state index in [2.05, 4.69) is 15.1 Å². The fraction of sp³-hybridized carbons (Fsp3) is 0.278. The van der Waals surface area contributed by atoms with Crippen LogP contribution in [0.15, 0.2) is 41.1 Å². The zero-order chi connectivity index (χ0) is 18.1. The van der Waals surface area contributed by atoms with Gasteiger partial charge in [-0.3, -0.25) is 4.79 Å². The molecule has 134 valence electrons. The summed E-state index contributed by atoms with van der Waals surface area (Å²) in [5.74, 6) is -1.24. The summed E-state index contributed by atoms with van der Waals surface area (Å²) in [6, 6.07) is 6.65. The minimum atomic E-state index is -0.857. The normalized spacial score (nSPS) is 17.5. The van der Waals surface area contributed by atoms with Crippen molar-refractivity contribution in [1.29, 1.82) is 0 Å². The molecule has 0 radical (unpaired) electrons. The largest absolute Gasteiger partial charge is 0.359 e. The Kier molecular flexibility index (Phi) is 4.24. The van der Waals surface area contributed by atoms with E-state index < -0.39 is 17.5 Å². The maximum absolute atomic E-state index is 13.9. The number of hydrogen-bond acceptors (Lipinski definition) is 4. The van der Waals surface area contributed by atoms with Crippen LogP contribution >= 0.6 is 0 Å². The highest BCUT2D eigenvalue weighted by molar-refractivity contribution is 5.94. The molecular formula is C18H16F2N4O2. The first-order valence-corrected chi connectivity index (χ1v) is 8.33. The van der Waals surface area contributed by atoms with Gasteiger partial charge in [0.15, 0.2) is 0 Å². The molecule has 2 aromatic heterocycles. The number of carbonyl (C=O) groups excluding carboxylic acids is 1. The number of amides is 1. The molecule has 0 aliphatic carbocycles. The molecular weight excluding hydrogens is 342 g/mol. The molecule has 3 aromatic rings. The molecule has 1 aliphatic heterocycles. The van der Waals surface area contributed by atoms with Crippen molar-refractivity contribution in [2.24, 2.45) is 0 Å². The van der Waals surface area contributed by atoms with Crippen molar-refractivity contribution in [2.45, 2.75) is 18.8 Å². The first-order chi connectivity index (χ1) is 12.6. The summed E-state index contributed by atoms with van der Waals surface area (Å²) in [4.78, 5) is 21.5. The molecule has 1 saturated heterocycles. The molecule has 26 heavy (non-hydrogen) atoms. The van der Waals surface area contributed by atoms with Crippen LogP contribution in [0.1, 0.15) is 35.0 Å². The minimum absolute atomic E-state index is 0.118. The molecule has 1 aliphatic rings. The summed E-state index contributed by atoms with van der Waals surface area (Å²) < 4.78 is 32.3. The Morgan fingerprint density at radius 2 is 2.19 bits per heavy atom. The summed E-state index contributed by atoms with van der Waals surface area (Å²) in [5.41, 5.74) is 0.613. The molecule has 4 rings (SSSR count). The van der Waals surface area contributed by atoms with E-state index in [9.17, 15) is 13.6 Å². The number of nitrogens with zero attached hydrogens (tertiary/aromatic N) is 3. The SMILES string of the molecule is O=C(c1ccc(F)cc1F)N1CCCC(c2nc(-c3ccc[nH]3)no2)C1. The summed E-state index contributed by atoms with van der Waals surface area (Å²) in [6.45, 7) is 0.853. The van der Waals surface area contributed by atoms with E-state index in [0.29, 0.717) is 24.8 Å². The van der Waals surface area contributed by atoms with Crippen LogP contribution in [-0.2, 0) is 0 Å². The number of halogens is 2. The number of aromatic amines is 1. The molecule has 0 bridgehead atoms. The molecule has 1 amide bonds. The Morgan fingerprint density at radius 3 is 2.96 bits per heavy atom. The van der Waals surface area contributed by atoms with Gasteiger partial charge in [-0.1, -0.05) is 5.16 Å². The van der Waals surface area contributed by atoms with Gasteiger partial charge in [0, 0.05) is 25.4 Å². The van der Waals surface area contributed by atoms with Gasteiger partial charge >= 0.3 is 0 Å². The number of hydrogen-bond donors (Lipinski definition) is 1. The van der Waals surface area contributed by atoms with E-state index in [1.807, 2.05) is 12.1 Å². The second-order valence-corrected chi connectivity index (χ2v) is 6.25. The Balaban J connectivity index is 1.51. The molecule has 8 heteroatoms. The summed E-state index contributed by atoms with van der Waals surface area (Å²) in [7, 11) is 0. The van der Waals surface area contributed by atoms with E-state index in [-0.39, 0.29) is 11.5 Å². The number of benzene rings is 1. The third-order valence-corrected chi connectivity index (χ3v) is 4.50. The van der Waals surface area contributed by atoms with E-state index in [0.717, 1.165) is 30.7 Å². The number of H-pyrrole nitrogens is 1. The van der Waals surface area contributed by atoms with Crippen molar-refractivity contribution in [3.8, 4) is 11.5 Å². The lowest BCUT2D eigenvalue weighted by Gasteiger charge is -2.31. The topological polar surface area (TPSA) is 75.0 Å². The maximum atomic E-state index is 13.9. The van der Waals surface area contributed by atoms with E-state index >= 15 is 0 Å². The van der Waals surface area contributed by atoms with Crippen LogP contribution in [0.5, 0.6) is 0 Å². The lowest BCUT2D eigenvalue weighted by Crippen LogP contribution is -2.39. The minimum Gasteiger partial charge on any atom is -0.359 e. The van der Waals surface area contributed by atoms with Crippen LogP contribution < -0.4 is 0 Å². The third-order valence-electron chi connectivity index (χ3n) is 4.50. The fourth-order valence-electron chi connectivity index (χ4n) is 3.18. The Hall–Kier alpha value is -3.03. The van der Waals surface area contributed by atoms with Crippen molar-refractivity contribution >= 4 is 5.91 Å². The van der Waals surface area contributed by atoms with Gasteiger partial charge in [-0.2, -0.15) is 4.98 Å². The molecule has 6 nitrogen and oxygen atoms in total. The first kappa shape index (κ1) is 16.4. The molecule has 3 heterocycles. The predicted octanol–water partition coefficient (Wildman–Crippen LogP) is 3.36. The van der Waals surface area contributed by atoms with E-state index in [1.54, 1.807) is 11.1 Å². The average molecular weight is 358 g/mol. The van der Waals surface area contributed by atoms with Gasteiger partial charge in [0.1, 0.15) is 11.6 Å². The number of carbonyl (C=O) groups is 1. The van der Waals surface area contributed by atoms with Crippen molar-refractivity contribution in [1.82, 2.24) is 20.0 Å². The van der Waals surface area contributed by atoms with Crippen LogP contribution in [0.3, 0.4) is 0 Å². The van der Waals surface area contributed by atoms with Crippen LogP contribution in [-0.4, -0.2) is 39.0 Å². The number of aromatic nitrogens is 3. The first-order valence-electron chi connectivity index (χ1n) is 8.33. The molecule has 1 N–H and O–H groups in total. The Labute approximate surface area is 147 Å². The fourth-order valence-corrected chi connectivity index (χ4v) is 3.18. The van der Waals surface area contributed by atoms with Crippen molar-refractivity contribution in [3.63, 3.8) is 0 Å². The van der Waals surface area contributed by atoms with Crippen molar-refractivity contribution < 1.29 is 18.1 Å². The van der Waals surface area contributed by atoms with Crippen LogP contribution in [0, 0.1) is 11.6 Å². The van der Waals surface area contributed by atoms with Gasteiger partial charge in [0.2, 0.25) is 11.7 Å². The number of rotatable bonds is 3. The van der Waals surface area contributed by atoms with Gasteiger partial charge < -0.3 is 14.4 Å². The van der Waals surface area contributed by atoms with E-state index in [1.165, 1.54) is 6.07 Å². The van der Waals surface area contributed by atoms with Gasteiger partial charge in [-0.05, 0) is 37.1 Å². The zero-order valence-electron chi connectivity index (χ0n) is 13.8. The second-order valence-electron chi connectivity index (χ2n) is 6.25. The third kappa shape index (κ3) is 3.10. The summed E-state index contributed by atoms with van der Waals surface area (Å²) >= 11 is 0. The maximum Gasteiger partial charge on any atom is 0.256 e. The summed E-state index contributed by atoms with van der Waals surface area (Å²) in [5, 5.41) is 3.96. The van der Waals surface area contributed by atoms with Gasteiger partial charge in [0.25, 0.3) is 5.91 Å². The number of nitrogens with one attached hydrogen (secondary N) is 1. The van der Waals surface area contributed by atoms with Crippen LogP contribution in [0.2, 0.25) is 0 Å². The van der Waals surface area contributed by atoms with Gasteiger partial charge in [0.05, 0.1) is 17.2 Å². The highest BCUT2D eigenvalue weighted by atomic mass is 19.1. The molecule has 1 aromatic carbocycles. The quantitative estimate of drug-likeness (QED) is 0.779. The highest BCUT2D eigenvalue weighted by Gasteiger charge is 2.30. The van der Waals surface area contributed by atoms with Crippen molar-refractivity contribution in [3.05, 3.63) is 59.6 Å². The molecule has 0 spiro atoms.